The number of hydrogen-bond acceptors (Lipinski definition) is 4. The normalized spacial score (nSPS) is 11.6. The van der Waals surface area contributed by atoms with E-state index in [9.17, 15) is 9.59 Å². The Bertz CT molecular complexity index is 940. The number of amides is 2. The van der Waals surface area contributed by atoms with Crippen LogP contribution in [0.1, 0.15) is 21.7 Å². The van der Waals surface area contributed by atoms with Crippen molar-refractivity contribution in [1.82, 2.24) is 10.5 Å². The molecule has 7 heteroatoms. The molecule has 0 aliphatic heterocycles. The maximum Gasteiger partial charge on any atom is 0.251 e. The Kier molecular flexibility index (Phi) is 6.03. The van der Waals surface area contributed by atoms with Crippen LogP contribution in [0.2, 0.25) is 0 Å². The molecule has 0 spiro atoms. The van der Waals surface area contributed by atoms with Crippen molar-refractivity contribution in [3.63, 3.8) is 0 Å². The van der Waals surface area contributed by atoms with E-state index in [2.05, 4.69) is 31.7 Å². The lowest BCUT2D eigenvalue weighted by atomic mass is 10.0. The molecule has 1 atom stereocenters. The topological polar surface area (TPSA) is 84.2 Å². The van der Waals surface area contributed by atoms with Gasteiger partial charge < -0.3 is 15.2 Å². The third-order valence-corrected chi connectivity index (χ3v) is 4.36. The minimum Gasteiger partial charge on any atom is -0.360 e. The summed E-state index contributed by atoms with van der Waals surface area (Å²) in [6, 6.07) is 17.3. The molecule has 1 heterocycles. The fourth-order valence-electron chi connectivity index (χ4n) is 2.57. The van der Waals surface area contributed by atoms with Gasteiger partial charge >= 0.3 is 0 Å². The third-order valence-electron chi connectivity index (χ3n) is 3.87. The van der Waals surface area contributed by atoms with E-state index in [-0.39, 0.29) is 11.8 Å². The largest absolute Gasteiger partial charge is 0.360 e. The molecule has 27 heavy (non-hydrogen) atoms. The van der Waals surface area contributed by atoms with Crippen LogP contribution < -0.4 is 10.6 Å². The number of benzene rings is 2. The van der Waals surface area contributed by atoms with Gasteiger partial charge in [-0.1, -0.05) is 57.5 Å². The molecular weight excluding hydrogens is 410 g/mol. The number of halogens is 1. The summed E-state index contributed by atoms with van der Waals surface area (Å²) in [7, 11) is 0. The van der Waals surface area contributed by atoms with E-state index in [1.807, 2.05) is 36.4 Å². The van der Waals surface area contributed by atoms with Crippen molar-refractivity contribution in [2.45, 2.75) is 19.4 Å². The summed E-state index contributed by atoms with van der Waals surface area (Å²) in [5, 5.41) is 9.26. The van der Waals surface area contributed by atoms with Crippen molar-refractivity contribution in [2.24, 2.45) is 0 Å². The van der Waals surface area contributed by atoms with Crippen LogP contribution in [-0.4, -0.2) is 23.0 Å². The zero-order valence-electron chi connectivity index (χ0n) is 14.6. The molecule has 0 saturated carbocycles. The smallest absolute Gasteiger partial charge is 0.251 e. The maximum atomic E-state index is 12.7. The molecule has 2 N–H and O–H groups in total. The average molecular weight is 428 g/mol. The van der Waals surface area contributed by atoms with Crippen LogP contribution >= 0.6 is 15.9 Å². The fraction of sp³-hybridized carbons (Fsp3) is 0.150. The molecule has 3 aromatic rings. The van der Waals surface area contributed by atoms with Gasteiger partial charge in [0, 0.05) is 22.5 Å². The van der Waals surface area contributed by atoms with Gasteiger partial charge in [0.25, 0.3) is 5.91 Å². The van der Waals surface area contributed by atoms with E-state index in [1.54, 1.807) is 31.2 Å². The molecule has 0 radical (unpaired) electrons. The summed E-state index contributed by atoms with van der Waals surface area (Å²) in [6.07, 6.45) is 0.350. The number of nitrogens with one attached hydrogen (secondary N) is 2. The number of nitrogens with zero attached hydrogens (tertiary/aromatic N) is 1. The van der Waals surface area contributed by atoms with Crippen molar-refractivity contribution in [1.29, 1.82) is 0 Å². The quantitative estimate of drug-likeness (QED) is 0.627. The van der Waals surface area contributed by atoms with Crippen LogP contribution in [0.3, 0.4) is 0 Å². The summed E-state index contributed by atoms with van der Waals surface area (Å²) in [6.45, 7) is 1.74. The van der Waals surface area contributed by atoms with Crippen LogP contribution in [0.15, 0.2) is 69.7 Å². The van der Waals surface area contributed by atoms with Gasteiger partial charge in [-0.3, -0.25) is 9.59 Å². The average Bonchev–Trinajstić information content (AvgIpc) is 3.06. The van der Waals surface area contributed by atoms with E-state index in [0.717, 1.165) is 10.0 Å². The molecular formula is C20H18BrN3O3. The lowest BCUT2D eigenvalue weighted by molar-refractivity contribution is -0.118. The standard InChI is InChI=1S/C20H18BrN3O3/c1-13-10-18(24-27-13)23-20(26)17(11-14-6-3-2-4-7-14)22-19(25)15-8-5-9-16(21)12-15/h2-10,12,17H,11H2,1H3,(H,22,25)(H,23,24,26). The van der Waals surface area contributed by atoms with Crippen molar-refractivity contribution in [2.75, 3.05) is 5.32 Å². The third kappa shape index (κ3) is 5.27. The Morgan fingerprint density at radius 3 is 2.56 bits per heavy atom. The second-order valence-electron chi connectivity index (χ2n) is 6.04. The predicted octanol–water partition coefficient (Wildman–Crippen LogP) is 3.73. The van der Waals surface area contributed by atoms with Gasteiger partial charge in [0.15, 0.2) is 5.82 Å². The minimum atomic E-state index is -0.768. The zero-order chi connectivity index (χ0) is 19.2. The predicted molar refractivity (Wildman–Crippen MR) is 105 cm³/mol. The van der Waals surface area contributed by atoms with Gasteiger partial charge in [-0.15, -0.1) is 0 Å². The second kappa shape index (κ2) is 8.64. The maximum absolute atomic E-state index is 12.7. The Morgan fingerprint density at radius 1 is 1.11 bits per heavy atom. The molecule has 0 saturated heterocycles. The number of rotatable bonds is 6. The van der Waals surface area contributed by atoms with Gasteiger partial charge in [-0.25, -0.2) is 0 Å². The molecule has 0 aliphatic rings. The molecule has 0 aliphatic carbocycles. The van der Waals surface area contributed by atoms with Crippen LogP contribution in [0.25, 0.3) is 0 Å². The van der Waals surface area contributed by atoms with Crippen molar-refractivity contribution >= 4 is 33.6 Å². The summed E-state index contributed by atoms with van der Waals surface area (Å²) in [5.74, 6) is 0.203. The van der Waals surface area contributed by atoms with Crippen LogP contribution in [-0.2, 0) is 11.2 Å². The van der Waals surface area contributed by atoms with Gasteiger partial charge in [-0.2, -0.15) is 0 Å². The van der Waals surface area contributed by atoms with Crippen LogP contribution in [0.5, 0.6) is 0 Å². The van der Waals surface area contributed by atoms with Crippen LogP contribution in [0, 0.1) is 6.92 Å². The van der Waals surface area contributed by atoms with E-state index in [4.69, 9.17) is 4.52 Å². The summed E-state index contributed by atoms with van der Waals surface area (Å²) in [4.78, 5) is 25.4. The highest BCUT2D eigenvalue weighted by atomic mass is 79.9. The van der Waals surface area contributed by atoms with Gasteiger partial charge in [0.05, 0.1) is 0 Å². The van der Waals surface area contributed by atoms with Crippen LogP contribution in [0.4, 0.5) is 5.82 Å². The first-order chi connectivity index (χ1) is 13.0. The van der Waals surface area contributed by atoms with Crippen molar-refractivity contribution in [3.8, 4) is 0 Å². The number of anilines is 1. The highest BCUT2D eigenvalue weighted by molar-refractivity contribution is 9.10. The van der Waals surface area contributed by atoms with E-state index >= 15 is 0 Å². The number of carbonyl (C=O) groups excluding carboxylic acids is 2. The first kappa shape index (κ1) is 18.8. The Morgan fingerprint density at radius 2 is 1.89 bits per heavy atom. The SMILES string of the molecule is Cc1cc(NC(=O)C(Cc2ccccc2)NC(=O)c2cccc(Br)c2)no1. The molecule has 0 fully saturated rings. The number of carbonyl (C=O) groups is 2. The fourth-order valence-corrected chi connectivity index (χ4v) is 2.97. The lowest BCUT2D eigenvalue weighted by Crippen LogP contribution is -2.45. The van der Waals surface area contributed by atoms with Crippen molar-refractivity contribution < 1.29 is 14.1 Å². The molecule has 2 amide bonds. The highest BCUT2D eigenvalue weighted by Crippen LogP contribution is 2.13. The summed E-state index contributed by atoms with van der Waals surface area (Å²) >= 11 is 3.35. The molecule has 6 nitrogen and oxygen atoms in total. The first-order valence-corrected chi connectivity index (χ1v) is 9.15. The Hall–Kier alpha value is -2.93. The molecule has 1 unspecified atom stereocenters. The lowest BCUT2D eigenvalue weighted by Gasteiger charge is -2.18. The van der Waals surface area contributed by atoms with E-state index < -0.39 is 6.04 Å². The number of aryl methyl sites for hydroxylation is 1. The monoisotopic (exact) mass is 427 g/mol. The second-order valence-corrected chi connectivity index (χ2v) is 6.95. The highest BCUT2D eigenvalue weighted by Gasteiger charge is 2.23. The Labute approximate surface area is 165 Å². The Balaban J connectivity index is 1.78. The minimum absolute atomic E-state index is 0.312. The van der Waals surface area contributed by atoms with Crippen molar-refractivity contribution in [3.05, 3.63) is 82.0 Å². The number of aromatic nitrogens is 1. The molecule has 3 rings (SSSR count). The molecule has 138 valence electrons. The zero-order valence-corrected chi connectivity index (χ0v) is 16.2. The summed E-state index contributed by atoms with van der Waals surface area (Å²) < 4.78 is 5.76. The van der Waals surface area contributed by atoms with E-state index in [0.29, 0.717) is 23.6 Å². The summed E-state index contributed by atoms with van der Waals surface area (Å²) in [5.41, 5.74) is 1.40. The molecule has 0 bridgehead atoms. The molecule has 1 aromatic heterocycles. The number of hydrogen-bond donors (Lipinski definition) is 2. The molecule has 2 aromatic carbocycles. The van der Waals surface area contributed by atoms with Gasteiger partial charge in [0.1, 0.15) is 11.8 Å². The first-order valence-electron chi connectivity index (χ1n) is 8.36. The van der Waals surface area contributed by atoms with Gasteiger partial charge in [-0.05, 0) is 30.7 Å². The van der Waals surface area contributed by atoms with E-state index in [1.165, 1.54) is 0 Å². The van der Waals surface area contributed by atoms with Gasteiger partial charge in [0.2, 0.25) is 5.91 Å².